The Morgan fingerprint density at radius 2 is 2.14 bits per heavy atom. The Kier molecular flexibility index (Phi) is 3.24. The molecule has 2 amide bonds. The van der Waals surface area contributed by atoms with Crippen LogP contribution in [0, 0.1) is 18.3 Å². The van der Waals surface area contributed by atoms with E-state index in [9.17, 15) is 9.59 Å². The second-order valence-electron chi connectivity index (χ2n) is 6.32. The summed E-state index contributed by atoms with van der Waals surface area (Å²) in [5.41, 5.74) is 0.519. The van der Waals surface area contributed by atoms with E-state index in [4.69, 9.17) is 9.26 Å². The van der Waals surface area contributed by atoms with Crippen LogP contribution in [0.15, 0.2) is 10.8 Å². The van der Waals surface area contributed by atoms with Gasteiger partial charge in [-0.05, 0) is 13.3 Å². The molecule has 7 heteroatoms. The van der Waals surface area contributed by atoms with Gasteiger partial charge in [-0.2, -0.15) is 0 Å². The van der Waals surface area contributed by atoms with E-state index in [0.29, 0.717) is 11.5 Å². The van der Waals surface area contributed by atoms with Gasteiger partial charge in [-0.15, -0.1) is 0 Å². The Bertz CT molecular complexity index is 581. The maximum absolute atomic E-state index is 12.0. The van der Waals surface area contributed by atoms with Crippen molar-refractivity contribution >= 4 is 17.6 Å². The molecule has 1 aliphatic heterocycles. The van der Waals surface area contributed by atoms with Gasteiger partial charge >= 0.3 is 11.8 Å². The highest BCUT2D eigenvalue weighted by Gasteiger charge is 2.60. The average Bonchev–Trinajstić information content (AvgIpc) is 3.04. The Labute approximate surface area is 122 Å². The summed E-state index contributed by atoms with van der Waals surface area (Å²) in [5.74, 6) is -0.818. The zero-order valence-electron chi connectivity index (χ0n) is 12.3. The van der Waals surface area contributed by atoms with Crippen LogP contribution in [0.2, 0.25) is 0 Å². The molecule has 2 aliphatic rings. The molecule has 21 heavy (non-hydrogen) atoms. The minimum atomic E-state index is -0.731. The summed E-state index contributed by atoms with van der Waals surface area (Å²) in [5, 5.41) is 8.89. The number of carbonyl (C=O) groups is 2. The molecule has 2 heterocycles. The molecule has 1 aromatic heterocycles. The van der Waals surface area contributed by atoms with E-state index < -0.39 is 11.8 Å². The van der Waals surface area contributed by atoms with Gasteiger partial charge in [0.15, 0.2) is 5.82 Å². The van der Waals surface area contributed by atoms with Crippen LogP contribution in [0.5, 0.6) is 0 Å². The van der Waals surface area contributed by atoms with Gasteiger partial charge in [0.05, 0.1) is 6.10 Å². The molecule has 0 spiro atoms. The first-order valence-corrected chi connectivity index (χ1v) is 7.05. The Morgan fingerprint density at radius 3 is 2.81 bits per heavy atom. The highest BCUT2D eigenvalue weighted by Crippen LogP contribution is 2.52. The average molecular weight is 293 g/mol. The Balaban J connectivity index is 1.61. The molecule has 1 saturated carbocycles. The van der Waals surface area contributed by atoms with E-state index in [1.165, 1.54) is 6.26 Å². The van der Waals surface area contributed by atoms with Crippen molar-refractivity contribution in [3.8, 4) is 0 Å². The molecule has 3 atom stereocenters. The number of aromatic nitrogens is 1. The Hall–Kier alpha value is -1.89. The van der Waals surface area contributed by atoms with Gasteiger partial charge in [0, 0.05) is 29.5 Å². The van der Waals surface area contributed by atoms with Gasteiger partial charge in [-0.3, -0.25) is 14.9 Å². The van der Waals surface area contributed by atoms with E-state index in [-0.39, 0.29) is 23.4 Å². The normalized spacial score (nSPS) is 29.4. The van der Waals surface area contributed by atoms with E-state index in [1.54, 1.807) is 6.92 Å². The summed E-state index contributed by atoms with van der Waals surface area (Å²) in [6.45, 7) is 6.54. The van der Waals surface area contributed by atoms with Crippen LogP contribution < -0.4 is 10.6 Å². The minimum Gasteiger partial charge on any atom is -0.377 e. The van der Waals surface area contributed by atoms with E-state index in [2.05, 4.69) is 15.8 Å². The van der Waals surface area contributed by atoms with Crippen LogP contribution in [-0.2, 0) is 14.3 Å². The SMILES string of the molecule is Cc1conc1NC(=O)C(=O)NC1C2CCOC2C1(C)C. The first-order valence-electron chi connectivity index (χ1n) is 7.05. The van der Waals surface area contributed by atoms with Gasteiger partial charge in [-0.25, -0.2) is 0 Å². The number of ether oxygens (including phenoxy) is 1. The highest BCUT2D eigenvalue weighted by molar-refractivity contribution is 6.39. The summed E-state index contributed by atoms with van der Waals surface area (Å²) >= 11 is 0. The predicted molar refractivity (Wildman–Crippen MR) is 73.4 cm³/mol. The second-order valence-corrected chi connectivity index (χ2v) is 6.32. The zero-order chi connectivity index (χ0) is 15.2. The lowest BCUT2D eigenvalue weighted by molar-refractivity contribution is -0.145. The largest absolute Gasteiger partial charge is 0.377 e. The van der Waals surface area contributed by atoms with Crippen molar-refractivity contribution in [1.82, 2.24) is 10.5 Å². The molecular weight excluding hydrogens is 274 g/mol. The molecule has 3 rings (SSSR count). The van der Waals surface area contributed by atoms with Gasteiger partial charge < -0.3 is 14.6 Å². The van der Waals surface area contributed by atoms with E-state index in [0.717, 1.165) is 13.0 Å². The van der Waals surface area contributed by atoms with Crippen molar-refractivity contribution in [2.24, 2.45) is 11.3 Å². The molecule has 1 aromatic rings. The van der Waals surface area contributed by atoms with Gasteiger partial charge in [0.1, 0.15) is 6.26 Å². The number of hydrogen-bond donors (Lipinski definition) is 2. The fourth-order valence-electron chi connectivity index (χ4n) is 3.40. The summed E-state index contributed by atoms with van der Waals surface area (Å²) in [7, 11) is 0. The first kappa shape index (κ1) is 14.1. The van der Waals surface area contributed by atoms with Crippen LogP contribution in [0.3, 0.4) is 0 Å². The van der Waals surface area contributed by atoms with E-state index >= 15 is 0 Å². The third-order valence-corrected chi connectivity index (χ3v) is 4.57. The smallest absolute Gasteiger partial charge is 0.314 e. The van der Waals surface area contributed by atoms with Crippen LogP contribution >= 0.6 is 0 Å². The highest BCUT2D eigenvalue weighted by atomic mass is 16.5. The number of nitrogens with one attached hydrogen (secondary N) is 2. The van der Waals surface area contributed by atoms with Gasteiger partial charge in [0.2, 0.25) is 0 Å². The van der Waals surface area contributed by atoms with Crippen molar-refractivity contribution in [2.45, 2.75) is 39.3 Å². The molecule has 1 aliphatic carbocycles. The Morgan fingerprint density at radius 1 is 1.38 bits per heavy atom. The second kappa shape index (κ2) is 4.84. The molecule has 2 fully saturated rings. The number of amides is 2. The monoisotopic (exact) mass is 293 g/mol. The van der Waals surface area contributed by atoms with Gasteiger partial charge in [0.25, 0.3) is 0 Å². The van der Waals surface area contributed by atoms with Crippen LogP contribution in [-0.4, -0.2) is 35.7 Å². The van der Waals surface area contributed by atoms with Crippen molar-refractivity contribution in [1.29, 1.82) is 0 Å². The third kappa shape index (κ3) is 2.21. The van der Waals surface area contributed by atoms with Crippen molar-refractivity contribution in [3.63, 3.8) is 0 Å². The number of hydrogen-bond acceptors (Lipinski definition) is 5. The maximum Gasteiger partial charge on any atom is 0.314 e. The molecule has 3 unspecified atom stereocenters. The fourth-order valence-corrected chi connectivity index (χ4v) is 3.40. The molecule has 7 nitrogen and oxygen atoms in total. The van der Waals surface area contributed by atoms with Crippen molar-refractivity contribution in [3.05, 3.63) is 11.8 Å². The van der Waals surface area contributed by atoms with E-state index in [1.807, 2.05) is 13.8 Å². The van der Waals surface area contributed by atoms with Crippen LogP contribution in [0.4, 0.5) is 5.82 Å². The minimum absolute atomic E-state index is 0.0401. The molecule has 0 radical (unpaired) electrons. The van der Waals surface area contributed by atoms with Crippen LogP contribution in [0.1, 0.15) is 25.8 Å². The maximum atomic E-state index is 12.0. The lowest BCUT2D eigenvalue weighted by Crippen LogP contribution is -2.67. The summed E-state index contributed by atoms with van der Waals surface area (Å²) in [6, 6.07) is -0.0401. The fraction of sp³-hybridized carbons (Fsp3) is 0.643. The zero-order valence-corrected chi connectivity index (χ0v) is 12.3. The molecule has 0 bridgehead atoms. The predicted octanol–water partition coefficient (Wildman–Crippen LogP) is 0.851. The number of anilines is 1. The molecular formula is C14H19N3O4. The number of carbonyl (C=O) groups excluding carboxylic acids is 2. The summed E-state index contributed by atoms with van der Waals surface area (Å²) in [6.07, 6.45) is 2.50. The van der Waals surface area contributed by atoms with Crippen LogP contribution in [0.25, 0.3) is 0 Å². The molecule has 0 aromatic carbocycles. The topological polar surface area (TPSA) is 93.5 Å². The molecule has 2 N–H and O–H groups in total. The lowest BCUT2D eigenvalue weighted by atomic mass is 9.57. The number of nitrogens with zero attached hydrogens (tertiary/aromatic N) is 1. The van der Waals surface area contributed by atoms with Crippen molar-refractivity contribution in [2.75, 3.05) is 11.9 Å². The molecule has 1 saturated heterocycles. The summed E-state index contributed by atoms with van der Waals surface area (Å²) in [4.78, 5) is 23.9. The summed E-state index contributed by atoms with van der Waals surface area (Å²) < 4.78 is 10.4. The number of rotatable bonds is 2. The standard InChI is InChI=1S/C14H19N3O4/c1-7-6-21-17-11(7)16-13(19)12(18)15-9-8-4-5-20-10(8)14(9,2)3/h6,8-10H,4-5H2,1-3H3,(H,15,18)(H,16,17,19). The quantitative estimate of drug-likeness (QED) is 0.789. The number of aryl methyl sites for hydroxylation is 1. The van der Waals surface area contributed by atoms with Gasteiger partial charge in [-0.1, -0.05) is 19.0 Å². The lowest BCUT2D eigenvalue weighted by Gasteiger charge is -2.54. The first-order chi connectivity index (χ1) is 9.91. The van der Waals surface area contributed by atoms with Crippen molar-refractivity contribution < 1.29 is 18.8 Å². The molecule has 114 valence electrons. The number of fused-ring (bicyclic) bond motifs is 1. The third-order valence-electron chi connectivity index (χ3n) is 4.57.